The molecule has 1 aromatic carbocycles. The average Bonchev–Trinajstić information content (AvgIpc) is 3.06. The molecule has 2 aliphatic rings. The highest BCUT2D eigenvalue weighted by Gasteiger charge is 2.58. The molecular weight excluding hydrogens is 420 g/mol. The van der Waals surface area contributed by atoms with Crippen LogP contribution in [0.5, 0.6) is 0 Å². The second kappa shape index (κ2) is 7.63. The fraction of sp³-hybridized carbons (Fsp3) is 0.375. The number of nitrogens with one attached hydrogen (secondary N) is 1. The summed E-state index contributed by atoms with van der Waals surface area (Å²) in [5, 5.41) is 0. The van der Waals surface area contributed by atoms with Gasteiger partial charge in [-0.25, -0.2) is 13.6 Å². The van der Waals surface area contributed by atoms with E-state index in [1.807, 2.05) is 4.98 Å². The highest BCUT2D eigenvalue weighted by atomic mass is 31.2. The number of aromatic amines is 1. The number of hydrogen-bond acceptors (Lipinski definition) is 7. The monoisotopic (exact) mass is 435 g/mol. The average molecular weight is 435 g/mol. The lowest BCUT2D eigenvalue weighted by molar-refractivity contribution is -0.0829. The number of rotatable bonds is 4. The molecule has 2 aliphatic heterocycles. The van der Waals surface area contributed by atoms with Crippen molar-refractivity contribution < 1.29 is 36.4 Å². The molecule has 2 fully saturated rings. The number of ether oxygens (including phenoxy) is 1. The molecule has 0 saturated carbocycles. The van der Waals surface area contributed by atoms with Crippen LogP contribution in [0.25, 0.3) is 0 Å². The van der Waals surface area contributed by atoms with Gasteiger partial charge in [-0.05, 0) is 6.07 Å². The first-order chi connectivity index (χ1) is 13.7. The second-order valence-corrected chi connectivity index (χ2v) is 8.09. The van der Waals surface area contributed by atoms with Crippen molar-refractivity contribution in [2.24, 2.45) is 0 Å². The van der Waals surface area contributed by atoms with Crippen LogP contribution in [0, 0.1) is 17.5 Å². The van der Waals surface area contributed by atoms with Gasteiger partial charge in [-0.2, -0.15) is 13.8 Å². The summed E-state index contributed by atoms with van der Waals surface area (Å²) in [5.41, 5.74) is -2.03. The topological polar surface area (TPSA) is 112 Å². The Balaban J connectivity index is 1.44. The molecule has 13 heteroatoms. The van der Waals surface area contributed by atoms with E-state index in [9.17, 15) is 27.7 Å². The van der Waals surface area contributed by atoms with Gasteiger partial charge in [0.1, 0.15) is 43.3 Å². The molecule has 2 N–H and O–H groups in total. The van der Waals surface area contributed by atoms with Gasteiger partial charge >= 0.3 is 13.9 Å². The molecule has 9 nitrogen and oxygen atoms in total. The van der Waals surface area contributed by atoms with Crippen LogP contribution in [-0.2, 0) is 24.9 Å². The van der Waals surface area contributed by atoms with Crippen molar-refractivity contribution in [2.45, 2.75) is 31.5 Å². The number of H-pyrrole nitrogens is 1. The van der Waals surface area contributed by atoms with Crippen molar-refractivity contribution in [1.82, 2.24) is 9.55 Å². The summed E-state index contributed by atoms with van der Waals surface area (Å²) < 4.78 is 62.5. The maximum absolute atomic E-state index is 13.7. The van der Waals surface area contributed by atoms with Crippen LogP contribution in [0.2, 0.25) is 0 Å². The Bertz CT molecular complexity index is 1050. The zero-order valence-corrected chi connectivity index (χ0v) is 15.5. The lowest BCUT2D eigenvalue weighted by Gasteiger charge is -2.26. The van der Waals surface area contributed by atoms with Gasteiger partial charge in [-0.3, -0.25) is 14.3 Å². The Kier molecular flexibility index (Phi) is 5.32. The molecule has 1 unspecified atom stereocenters. The normalized spacial score (nSPS) is 29.0. The van der Waals surface area contributed by atoms with Crippen molar-refractivity contribution in [3.63, 3.8) is 0 Å². The fourth-order valence-electron chi connectivity index (χ4n) is 3.03. The minimum absolute atomic E-state index is 0.00929. The molecule has 4 rings (SSSR count). The predicted octanol–water partition coefficient (Wildman–Crippen LogP) is 1.54. The predicted molar refractivity (Wildman–Crippen MR) is 90.9 cm³/mol. The van der Waals surface area contributed by atoms with E-state index in [0.29, 0.717) is 6.07 Å². The number of fused-ring (bicyclic) bond motifs is 1. The van der Waals surface area contributed by atoms with E-state index in [1.165, 1.54) is 0 Å². The summed E-state index contributed by atoms with van der Waals surface area (Å²) in [4.78, 5) is 35.3. The molecule has 0 amide bonds. The number of aromatic nitrogens is 2. The second-order valence-electron chi connectivity index (χ2n) is 6.43. The Hall–Kier alpha value is -2.08. The Morgan fingerprint density at radius 2 is 2.03 bits per heavy atom. The number of halogens is 3. The van der Waals surface area contributed by atoms with Crippen LogP contribution in [0.15, 0.2) is 34.0 Å². The standard InChI is InChI=1S/C16H14F3N2O7P/c17-9-2-1-8(10(18)3-9)6-25-29(24)26-7-13-12(28-29)4-14(27-13)21-5-11(19)15(22)20-16(21)23/h1-3,5,12-14,24H,4,6-7H2/p+1/t12-,13+,14+,29?/m0/s1. The maximum Gasteiger partial charge on any atom is 0.573 e. The Morgan fingerprint density at radius 1 is 1.24 bits per heavy atom. The summed E-state index contributed by atoms with van der Waals surface area (Å²) in [6.45, 7) is -0.583. The number of hydrogen-bond donors (Lipinski definition) is 2. The van der Waals surface area contributed by atoms with Gasteiger partial charge in [-0.15, -0.1) is 9.05 Å². The van der Waals surface area contributed by atoms with Crippen molar-refractivity contribution in [2.75, 3.05) is 6.61 Å². The van der Waals surface area contributed by atoms with E-state index in [0.717, 1.165) is 22.9 Å². The van der Waals surface area contributed by atoms with Gasteiger partial charge in [-0.1, -0.05) is 6.07 Å². The lowest BCUT2D eigenvalue weighted by Crippen LogP contribution is -2.35. The van der Waals surface area contributed by atoms with Crippen LogP contribution in [0.1, 0.15) is 18.2 Å². The molecule has 0 aliphatic carbocycles. The smallest absolute Gasteiger partial charge is 0.349 e. The van der Waals surface area contributed by atoms with Gasteiger partial charge in [0.05, 0.1) is 6.20 Å². The lowest BCUT2D eigenvalue weighted by atomic mass is 10.2. The van der Waals surface area contributed by atoms with Crippen LogP contribution < -0.4 is 11.2 Å². The van der Waals surface area contributed by atoms with E-state index in [4.69, 9.17) is 18.3 Å². The summed E-state index contributed by atoms with van der Waals surface area (Å²) >= 11 is 0. The number of nitrogens with zero attached hydrogens (tertiary/aromatic N) is 1. The van der Waals surface area contributed by atoms with Gasteiger partial charge in [0.25, 0.3) is 5.56 Å². The van der Waals surface area contributed by atoms with Gasteiger partial charge in [0, 0.05) is 18.1 Å². The molecule has 0 spiro atoms. The van der Waals surface area contributed by atoms with Crippen LogP contribution >= 0.6 is 8.17 Å². The molecule has 3 heterocycles. The van der Waals surface area contributed by atoms with E-state index in [2.05, 4.69) is 0 Å². The zero-order valence-electron chi connectivity index (χ0n) is 14.6. The molecule has 2 saturated heterocycles. The zero-order chi connectivity index (χ0) is 20.8. The van der Waals surface area contributed by atoms with Crippen molar-refractivity contribution in [3.8, 4) is 0 Å². The fourth-order valence-corrected chi connectivity index (χ4v) is 4.43. The highest BCUT2D eigenvalue weighted by Crippen LogP contribution is 2.63. The summed E-state index contributed by atoms with van der Waals surface area (Å²) in [6, 6.07) is 2.88. The van der Waals surface area contributed by atoms with Crippen LogP contribution in [0.4, 0.5) is 13.2 Å². The molecular formula is C16H15F3N2O7P+. The third kappa shape index (κ3) is 4.13. The summed E-state index contributed by atoms with van der Waals surface area (Å²) in [7, 11) is -3.84. The third-order valence-corrected chi connectivity index (χ3v) is 5.95. The van der Waals surface area contributed by atoms with E-state index < -0.39 is 61.9 Å². The van der Waals surface area contributed by atoms with E-state index in [1.54, 1.807) is 0 Å². The highest BCUT2D eigenvalue weighted by molar-refractivity contribution is 7.55. The maximum atomic E-state index is 13.7. The molecule has 4 atom stereocenters. The molecule has 156 valence electrons. The molecule has 29 heavy (non-hydrogen) atoms. The van der Waals surface area contributed by atoms with Gasteiger partial charge in [0.2, 0.25) is 5.82 Å². The molecule has 0 bridgehead atoms. The Labute approximate surface area is 161 Å². The van der Waals surface area contributed by atoms with Gasteiger partial charge < -0.3 is 4.74 Å². The van der Waals surface area contributed by atoms with Crippen molar-refractivity contribution in [3.05, 3.63) is 68.2 Å². The third-order valence-electron chi connectivity index (χ3n) is 4.48. The van der Waals surface area contributed by atoms with E-state index >= 15 is 0 Å². The largest absolute Gasteiger partial charge is 0.573 e. The van der Waals surface area contributed by atoms with Crippen LogP contribution in [-0.4, -0.2) is 33.3 Å². The first-order valence-electron chi connectivity index (χ1n) is 8.44. The Morgan fingerprint density at radius 3 is 2.79 bits per heavy atom. The first-order valence-corrected chi connectivity index (χ1v) is 9.93. The minimum Gasteiger partial charge on any atom is -0.349 e. The number of benzene rings is 1. The molecule has 1 aromatic heterocycles. The summed E-state index contributed by atoms with van der Waals surface area (Å²) in [5.74, 6) is -2.76. The summed E-state index contributed by atoms with van der Waals surface area (Å²) in [6.07, 6.45) is -1.65. The minimum atomic E-state index is -3.84. The first kappa shape index (κ1) is 20.2. The quantitative estimate of drug-likeness (QED) is 0.701. The van der Waals surface area contributed by atoms with Gasteiger partial charge in [0.15, 0.2) is 0 Å². The van der Waals surface area contributed by atoms with Crippen LogP contribution in [0.3, 0.4) is 0 Å². The van der Waals surface area contributed by atoms with E-state index in [-0.39, 0.29) is 18.6 Å². The SMILES string of the molecule is O=c1[nH]c(=O)n([C@H]2C[C@@H]3O[P+](O)(OCc4ccc(F)cc4F)OC[C@H]3O2)cc1F. The van der Waals surface area contributed by atoms with Crippen molar-refractivity contribution >= 4 is 8.17 Å². The molecule has 0 radical (unpaired) electrons. The molecule has 2 aromatic rings. The van der Waals surface area contributed by atoms with Crippen molar-refractivity contribution in [1.29, 1.82) is 0 Å².